The largest absolute Gasteiger partial charge is 0.411 e. The number of hydrogen-bond acceptors (Lipinski definition) is 3. The second-order valence-electron chi connectivity index (χ2n) is 3.48. The first-order chi connectivity index (χ1) is 7.33. The third-order valence-electron chi connectivity index (χ3n) is 2.11. The zero-order chi connectivity index (χ0) is 10.9. The van der Waals surface area contributed by atoms with Crippen molar-refractivity contribution >= 4 is 5.71 Å². The summed E-state index contributed by atoms with van der Waals surface area (Å²) in [6.45, 7) is 3.15. The average molecular weight is 207 g/mol. The Morgan fingerprint density at radius 1 is 1.33 bits per heavy atom. The second-order valence-corrected chi connectivity index (χ2v) is 3.48. The van der Waals surface area contributed by atoms with Crippen LogP contribution in [-0.4, -0.2) is 17.5 Å². The van der Waals surface area contributed by atoms with Crippen molar-refractivity contribution in [1.29, 1.82) is 0 Å². The number of benzene rings is 1. The normalized spacial score (nSPS) is 11.7. The fourth-order valence-corrected chi connectivity index (χ4v) is 1.24. The molecule has 0 aliphatic heterocycles. The fourth-order valence-electron chi connectivity index (χ4n) is 1.24. The summed E-state index contributed by atoms with van der Waals surface area (Å²) in [5, 5.41) is 11.5. The highest BCUT2D eigenvalue weighted by molar-refractivity contribution is 5.81. The predicted octanol–water partition coefficient (Wildman–Crippen LogP) is 2.83. The third-order valence-corrected chi connectivity index (χ3v) is 2.11. The molecule has 0 aliphatic carbocycles. The zero-order valence-electron chi connectivity index (χ0n) is 9.02. The first-order valence-electron chi connectivity index (χ1n) is 5.12. The maximum absolute atomic E-state index is 8.42. The minimum absolute atomic E-state index is 0.649. The van der Waals surface area contributed by atoms with E-state index in [1.54, 1.807) is 6.92 Å². The van der Waals surface area contributed by atoms with Crippen molar-refractivity contribution in [1.82, 2.24) is 0 Å². The maximum atomic E-state index is 8.42. The van der Waals surface area contributed by atoms with E-state index in [9.17, 15) is 0 Å². The van der Waals surface area contributed by atoms with E-state index < -0.39 is 0 Å². The van der Waals surface area contributed by atoms with Gasteiger partial charge in [0.15, 0.2) is 0 Å². The zero-order valence-corrected chi connectivity index (χ0v) is 9.02. The number of nitrogens with zero attached hydrogens (tertiary/aromatic N) is 1. The van der Waals surface area contributed by atoms with Crippen molar-refractivity contribution in [2.45, 2.75) is 26.4 Å². The van der Waals surface area contributed by atoms with E-state index in [-0.39, 0.29) is 0 Å². The van der Waals surface area contributed by atoms with Crippen LogP contribution in [0.2, 0.25) is 0 Å². The topological polar surface area (TPSA) is 41.8 Å². The molecule has 82 valence electrons. The van der Waals surface area contributed by atoms with Crippen molar-refractivity contribution < 1.29 is 9.94 Å². The molecule has 0 radical (unpaired) electrons. The highest BCUT2D eigenvalue weighted by atomic mass is 16.5. The summed E-state index contributed by atoms with van der Waals surface area (Å²) in [6, 6.07) is 10.1. The molecule has 1 N–H and O–H groups in total. The van der Waals surface area contributed by atoms with Crippen LogP contribution in [0.3, 0.4) is 0 Å². The predicted molar refractivity (Wildman–Crippen MR) is 60.2 cm³/mol. The van der Waals surface area contributed by atoms with Gasteiger partial charge in [0.25, 0.3) is 0 Å². The van der Waals surface area contributed by atoms with Gasteiger partial charge in [0.05, 0.1) is 12.3 Å². The highest BCUT2D eigenvalue weighted by Gasteiger charge is 1.94. The minimum atomic E-state index is 0.649. The van der Waals surface area contributed by atoms with Gasteiger partial charge in [-0.15, -0.1) is 0 Å². The summed E-state index contributed by atoms with van der Waals surface area (Å²) in [7, 11) is 0. The Bertz CT molecular complexity index is 296. The van der Waals surface area contributed by atoms with Gasteiger partial charge in [0, 0.05) is 6.61 Å². The van der Waals surface area contributed by atoms with Crippen molar-refractivity contribution in [2.75, 3.05) is 6.61 Å². The molecular weight excluding hydrogens is 190 g/mol. The molecule has 0 bridgehead atoms. The average Bonchev–Trinajstić information content (AvgIpc) is 2.29. The van der Waals surface area contributed by atoms with Crippen LogP contribution in [-0.2, 0) is 11.3 Å². The molecule has 0 fully saturated rings. The standard InChI is InChI=1S/C12H17NO2/c1-11(13-14)6-5-9-15-10-12-7-3-2-4-8-12/h2-4,7-8,14H,5-6,9-10H2,1H3. The fraction of sp³-hybridized carbons (Fsp3) is 0.417. The second kappa shape index (κ2) is 7.01. The van der Waals surface area contributed by atoms with Crippen LogP contribution in [0.4, 0.5) is 0 Å². The molecule has 0 amide bonds. The number of hydrogen-bond donors (Lipinski definition) is 1. The molecular formula is C12H17NO2. The number of ether oxygens (including phenoxy) is 1. The molecule has 1 aromatic carbocycles. The lowest BCUT2D eigenvalue weighted by Crippen LogP contribution is -1.98. The van der Waals surface area contributed by atoms with Crippen LogP contribution in [0.1, 0.15) is 25.3 Å². The first kappa shape index (κ1) is 11.7. The molecule has 0 unspecified atom stereocenters. The van der Waals surface area contributed by atoms with Crippen LogP contribution in [0, 0.1) is 0 Å². The Balaban J connectivity index is 2.08. The van der Waals surface area contributed by atoms with Gasteiger partial charge >= 0.3 is 0 Å². The van der Waals surface area contributed by atoms with Gasteiger partial charge in [-0.05, 0) is 25.3 Å². The molecule has 1 rings (SSSR count). The molecule has 0 atom stereocenters. The number of rotatable bonds is 6. The highest BCUT2D eigenvalue weighted by Crippen LogP contribution is 2.01. The Morgan fingerprint density at radius 3 is 2.73 bits per heavy atom. The van der Waals surface area contributed by atoms with Crippen molar-refractivity contribution in [3.8, 4) is 0 Å². The van der Waals surface area contributed by atoms with Crippen LogP contribution in [0.5, 0.6) is 0 Å². The first-order valence-corrected chi connectivity index (χ1v) is 5.12. The van der Waals surface area contributed by atoms with Crippen LogP contribution >= 0.6 is 0 Å². The molecule has 3 heteroatoms. The van der Waals surface area contributed by atoms with Gasteiger partial charge < -0.3 is 9.94 Å². The van der Waals surface area contributed by atoms with Crippen molar-refractivity contribution in [2.24, 2.45) is 5.16 Å². The maximum Gasteiger partial charge on any atom is 0.0716 e. The summed E-state index contributed by atoms with van der Waals surface area (Å²) in [6.07, 6.45) is 1.67. The summed E-state index contributed by atoms with van der Waals surface area (Å²) in [5.41, 5.74) is 1.93. The van der Waals surface area contributed by atoms with Gasteiger partial charge in [0.2, 0.25) is 0 Å². The molecule has 0 aliphatic rings. The van der Waals surface area contributed by atoms with E-state index in [0.29, 0.717) is 13.2 Å². The van der Waals surface area contributed by atoms with Crippen LogP contribution in [0.15, 0.2) is 35.5 Å². The Labute approximate surface area is 90.4 Å². The van der Waals surface area contributed by atoms with E-state index in [1.165, 1.54) is 5.56 Å². The van der Waals surface area contributed by atoms with Gasteiger partial charge in [0.1, 0.15) is 0 Å². The van der Waals surface area contributed by atoms with Crippen LogP contribution < -0.4 is 0 Å². The SMILES string of the molecule is CC(CCCOCc1ccccc1)=NO. The van der Waals surface area contributed by atoms with E-state index in [4.69, 9.17) is 9.94 Å². The van der Waals surface area contributed by atoms with Gasteiger partial charge in [-0.25, -0.2) is 0 Å². The Morgan fingerprint density at radius 2 is 2.07 bits per heavy atom. The van der Waals surface area contributed by atoms with E-state index >= 15 is 0 Å². The Kier molecular flexibility index (Phi) is 5.48. The van der Waals surface area contributed by atoms with Gasteiger partial charge in [-0.3, -0.25) is 0 Å². The van der Waals surface area contributed by atoms with Crippen molar-refractivity contribution in [3.63, 3.8) is 0 Å². The number of oxime groups is 1. The van der Waals surface area contributed by atoms with E-state index in [2.05, 4.69) is 5.16 Å². The quantitative estimate of drug-likeness (QED) is 0.337. The van der Waals surface area contributed by atoms with E-state index in [1.807, 2.05) is 30.3 Å². The molecule has 3 nitrogen and oxygen atoms in total. The molecule has 15 heavy (non-hydrogen) atoms. The lowest BCUT2D eigenvalue weighted by Gasteiger charge is -2.03. The summed E-state index contributed by atoms with van der Waals surface area (Å²) >= 11 is 0. The van der Waals surface area contributed by atoms with Gasteiger partial charge in [-0.2, -0.15) is 0 Å². The molecule has 0 saturated heterocycles. The summed E-state index contributed by atoms with van der Waals surface area (Å²) in [5.74, 6) is 0. The summed E-state index contributed by atoms with van der Waals surface area (Å²) < 4.78 is 5.48. The molecule has 0 spiro atoms. The van der Waals surface area contributed by atoms with E-state index in [0.717, 1.165) is 18.6 Å². The summed E-state index contributed by atoms with van der Waals surface area (Å²) in [4.78, 5) is 0. The smallest absolute Gasteiger partial charge is 0.0716 e. The molecule has 1 aromatic rings. The third kappa shape index (κ3) is 5.18. The minimum Gasteiger partial charge on any atom is -0.411 e. The van der Waals surface area contributed by atoms with Crippen molar-refractivity contribution in [3.05, 3.63) is 35.9 Å². The lowest BCUT2D eigenvalue weighted by atomic mass is 10.2. The Hall–Kier alpha value is -1.35. The van der Waals surface area contributed by atoms with Crippen LogP contribution in [0.25, 0.3) is 0 Å². The molecule has 0 heterocycles. The van der Waals surface area contributed by atoms with Gasteiger partial charge in [-0.1, -0.05) is 35.5 Å². The monoisotopic (exact) mass is 207 g/mol. The lowest BCUT2D eigenvalue weighted by molar-refractivity contribution is 0.119. The molecule has 0 saturated carbocycles. The molecule has 0 aromatic heterocycles.